The highest BCUT2D eigenvalue weighted by Crippen LogP contribution is 2.16. The van der Waals surface area contributed by atoms with Crippen molar-refractivity contribution >= 4 is 0 Å². The van der Waals surface area contributed by atoms with Crippen molar-refractivity contribution in [1.29, 1.82) is 0 Å². The van der Waals surface area contributed by atoms with Gasteiger partial charge in [0.05, 0.1) is 12.7 Å². The van der Waals surface area contributed by atoms with E-state index < -0.39 is 0 Å². The van der Waals surface area contributed by atoms with Gasteiger partial charge in [-0.3, -0.25) is 0 Å². The van der Waals surface area contributed by atoms with Gasteiger partial charge in [0.15, 0.2) is 0 Å². The SMILES string of the molecule is C=CCC(CCCCCCCCCCCCCCCCC)OCc1ccccc1. The van der Waals surface area contributed by atoms with Gasteiger partial charge in [-0.25, -0.2) is 0 Å². The normalized spacial score (nSPS) is 12.2. The summed E-state index contributed by atoms with van der Waals surface area (Å²) < 4.78 is 6.12. The molecule has 1 aromatic rings. The predicted octanol–water partition coefficient (Wildman–Crippen LogP) is 9.41. The second-order valence-electron chi connectivity index (χ2n) is 8.68. The van der Waals surface area contributed by atoms with Crippen LogP contribution in [0.1, 0.15) is 122 Å². The van der Waals surface area contributed by atoms with E-state index in [1.807, 2.05) is 6.08 Å². The summed E-state index contributed by atoms with van der Waals surface area (Å²) in [4.78, 5) is 0. The van der Waals surface area contributed by atoms with Crippen molar-refractivity contribution in [1.82, 2.24) is 0 Å². The molecule has 1 rings (SSSR count). The van der Waals surface area contributed by atoms with Gasteiger partial charge in [0.25, 0.3) is 0 Å². The molecule has 0 aliphatic carbocycles. The average molecular weight is 401 g/mol. The van der Waals surface area contributed by atoms with E-state index in [9.17, 15) is 0 Å². The number of hydrogen-bond donors (Lipinski definition) is 0. The summed E-state index contributed by atoms with van der Waals surface area (Å²) in [5, 5.41) is 0. The molecule has 166 valence electrons. The van der Waals surface area contributed by atoms with E-state index in [4.69, 9.17) is 4.74 Å². The molecule has 0 saturated heterocycles. The molecule has 1 atom stereocenters. The topological polar surface area (TPSA) is 9.23 Å². The van der Waals surface area contributed by atoms with Crippen LogP contribution < -0.4 is 0 Å². The quantitative estimate of drug-likeness (QED) is 0.147. The van der Waals surface area contributed by atoms with Gasteiger partial charge in [0.1, 0.15) is 0 Å². The van der Waals surface area contributed by atoms with E-state index in [1.54, 1.807) is 0 Å². The molecule has 29 heavy (non-hydrogen) atoms. The Hall–Kier alpha value is -1.08. The fourth-order valence-electron chi connectivity index (χ4n) is 3.99. The Labute approximate surface area is 182 Å². The largest absolute Gasteiger partial charge is 0.373 e. The molecule has 0 bridgehead atoms. The maximum absolute atomic E-state index is 6.12. The Morgan fingerprint density at radius 3 is 1.69 bits per heavy atom. The third-order valence-corrected chi connectivity index (χ3v) is 5.89. The summed E-state index contributed by atoms with van der Waals surface area (Å²) in [5.41, 5.74) is 1.26. The van der Waals surface area contributed by atoms with Gasteiger partial charge < -0.3 is 4.74 Å². The van der Waals surface area contributed by atoms with Crippen LogP contribution >= 0.6 is 0 Å². The summed E-state index contributed by atoms with van der Waals surface area (Å²) in [5.74, 6) is 0. The van der Waals surface area contributed by atoms with Crippen molar-refractivity contribution in [3.8, 4) is 0 Å². The van der Waals surface area contributed by atoms with Crippen LogP contribution in [0.4, 0.5) is 0 Å². The van der Waals surface area contributed by atoms with Crippen molar-refractivity contribution in [2.45, 2.75) is 129 Å². The zero-order valence-corrected chi connectivity index (χ0v) is 19.4. The zero-order valence-electron chi connectivity index (χ0n) is 19.4. The number of hydrogen-bond acceptors (Lipinski definition) is 1. The van der Waals surface area contributed by atoms with E-state index in [2.05, 4.69) is 43.8 Å². The van der Waals surface area contributed by atoms with Gasteiger partial charge in [-0.1, -0.05) is 140 Å². The van der Waals surface area contributed by atoms with Gasteiger partial charge in [-0.05, 0) is 18.4 Å². The van der Waals surface area contributed by atoms with Crippen LogP contribution in [0.2, 0.25) is 0 Å². The van der Waals surface area contributed by atoms with Gasteiger partial charge in [0, 0.05) is 0 Å². The highest BCUT2D eigenvalue weighted by Gasteiger charge is 2.07. The van der Waals surface area contributed by atoms with Gasteiger partial charge in [-0.15, -0.1) is 6.58 Å². The van der Waals surface area contributed by atoms with Crippen molar-refractivity contribution in [3.63, 3.8) is 0 Å². The number of unbranched alkanes of at least 4 members (excludes halogenated alkanes) is 14. The molecule has 0 N–H and O–H groups in total. The predicted molar refractivity (Wildman–Crippen MR) is 129 cm³/mol. The summed E-state index contributed by atoms with van der Waals surface area (Å²) in [6.07, 6.45) is 25.7. The van der Waals surface area contributed by atoms with E-state index in [-0.39, 0.29) is 0 Å². The third-order valence-electron chi connectivity index (χ3n) is 5.89. The lowest BCUT2D eigenvalue weighted by molar-refractivity contribution is 0.0354. The van der Waals surface area contributed by atoms with Crippen LogP contribution in [0.5, 0.6) is 0 Å². The molecule has 0 amide bonds. The van der Waals surface area contributed by atoms with Crippen LogP contribution in [0.25, 0.3) is 0 Å². The Bertz CT molecular complexity index is 453. The lowest BCUT2D eigenvalue weighted by atomic mass is 10.0. The Kier molecular flexibility index (Phi) is 18.1. The molecule has 1 aromatic carbocycles. The first-order chi connectivity index (χ1) is 14.4. The molecule has 1 heteroatoms. The fraction of sp³-hybridized carbons (Fsp3) is 0.714. The van der Waals surface area contributed by atoms with Crippen molar-refractivity contribution < 1.29 is 4.74 Å². The molecule has 1 nitrogen and oxygen atoms in total. The van der Waals surface area contributed by atoms with E-state index >= 15 is 0 Å². The molecule has 0 aliphatic rings. The Morgan fingerprint density at radius 1 is 0.724 bits per heavy atom. The van der Waals surface area contributed by atoms with Gasteiger partial charge in [0.2, 0.25) is 0 Å². The van der Waals surface area contributed by atoms with E-state index in [0.29, 0.717) is 6.10 Å². The van der Waals surface area contributed by atoms with Crippen LogP contribution in [-0.4, -0.2) is 6.10 Å². The first kappa shape index (κ1) is 26.0. The number of ether oxygens (including phenoxy) is 1. The number of rotatable bonds is 21. The molecule has 0 aliphatic heterocycles. The fourth-order valence-corrected chi connectivity index (χ4v) is 3.99. The monoisotopic (exact) mass is 400 g/mol. The van der Waals surface area contributed by atoms with E-state index in [0.717, 1.165) is 19.4 Å². The molecule has 1 unspecified atom stereocenters. The number of benzene rings is 1. The molecular weight excluding hydrogens is 352 g/mol. The molecule has 0 saturated carbocycles. The minimum Gasteiger partial charge on any atom is -0.373 e. The van der Waals surface area contributed by atoms with Crippen LogP contribution in [0.3, 0.4) is 0 Å². The Balaban J connectivity index is 1.88. The van der Waals surface area contributed by atoms with Gasteiger partial charge >= 0.3 is 0 Å². The first-order valence-corrected chi connectivity index (χ1v) is 12.6. The van der Waals surface area contributed by atoms with Crippen molar-refractivity contribution in [2.75, 3.05) is 0 Å². The summed E-state index contributed by atoms with van der Waals surface area (Å²) in [7, 11) is 0. The average Bonchev–Trinajstić information content (AvgIpc) is 2.75. The van der Waals surface area contributed by atoms with Crippen LogP contribution in [-0.2, 0) is 11.3 Å². The molecule has 0 radical (unpaired) electrons. The minimum atomic E-state index is 0.328. The third kappa shape index (κ3) is 16.4. The lowest BCUT2D eigenvalue weighted by Gasteiger charge is -2.16. The van der Waals surface area contributed by atoms with Crippen molar-refractivity contribution in [2.24, 2.45) is 0 Å². The first-order valence-electron chi connectivity index (χ1n) is 12.6. The highest BCUT2D eigenvalue weighted by atomic mass is 16.5. The van der Waals surface area contributed by atoms with Crippen molar-refractivity contribution in [3.05, 3.63) is 48.6 Å². The highest BCUT2D eigenvalue weighted by molar-refractivity contribution is 5.13. The second-order valence-corrected chi connectivity index (χ2v) is 8.68. The maximum atomic E-state index is 6.12. The molecule has 0 spiro atoms. The lowest BCUT2D eigenvalue weighted by Crippen LogP contribution is -2.12. The van der Waals surface area contributed by atoms with Crippen LogP contribution in [0, 0.1) is 0 Å². The summed E-state index contributed by atoms with van der Waals surface area (Å²) >= 11 is 0. The second kappa shape index (κ2) is 20.2. The Morgan fingerprint density at radius 2 is 1.21 bits per heavy atom. The maximum Gasteiger partial charge on any atom is 0.0720 e. The molecule has 0 fully saturated rings. The minimum absolute atomic E-state index is 0.328. The van der Waals surface area contributed by atoms with E-state index in [1.165, 1.54) is 102 Å². The molecule has 0 heterocycles. The summed E-state index contributed by atoms with van der Waals surface area (Å²) in [6.45, 7) is 6.91. The molecule has 0 aromatic heterocycles. The molecular formula is C28H48O. The van der Waals surface area contributed by atoms with Crippen LogP contribution in [0.15, 0.2) is 43.0 Å². The van der Waals surface area contributed by atoms with Gasteiger partial charge in [-0.2, -0.15) is 0 Å². The standard InChI is InChI=1S/C28H48O/c1-3-5-6-7-8-9-10-11-12-13-14-15-16-17-21-25-28(22-4-2)29-26-27-23-19-18-20-24-27/h4,18-20,23-24,28H,2-3,5-17,21-22,25-26H2,1H3. The summed E-state index contributed by atoms with van der Waals surface area (Å²) in [6, 6.07) is 10.5. The zero-order chi connectivity index (χ0) is 20.8. The smallest absolute Gasteiger partial charge is 0.0720 e.